The van der Waals surface area contributed by atoms with Crippen LogP contribution in [0.1, 0.15) is 30.4 Å². The molecule has 0 amide bonds. The van der Waals surface area contributed by atoms with Gasteiger partial charge in [-0.25, -0.2) is 0 Å². The van der Waals surface area contributed by atoms with Crippen molar-refractivity contribution in [2.45, 2.75) is 37.6 Å². The second-order valence-corrected chi connectivity index (χ2v) is 5.04. The van der Waals surface area contributed by atoms with E-state index in [-0.39, 0.29) is 5.60 Å². The Morgan fingerprint density at radius 2 is 1.84 bits per heavy atom. The van der Waals surface area contributed by atoms with Crippen molar-refractivity contribution < 1.29 is 17.9 Å². The Kier molecular flexibility index (Phi) is 4.16. The minimum atomic E-state index is -4.27. The van der Waals surface area contributed by atoms with E-state index in [1.807, 2.05) is 0 Å². The van der Waals surface area contributed by atoms with Crippen molar-refractivity contribution in [1.82, 2.24) is 5.32 Å². The largest absolute Gasteiger partial charge is 0.416 e. The van der Waals surface area contributed by atoms with Crippen molar-refractivity contribution in [2.75, 3.05) is 13.7 Å². The smallest absolute Gasteiger partial charge is 0.377 e. The molecule has 0 heterocycles. The average Bonchev–Trinajstić information content (AvgIpc) is 2.32. The molecular weight excluding hydrogens is 255 g/mol. The van der Waals surface area contributed by atoms with Crippen molar-refractivity contribution in [3.05, 3.63) is 35.4 Å². The summed E-state index contributed by atoms with van der Waals surface area (Å²) >= 11 is 0. The lowest BCUT2D eigenvalue weighted by molar-refractivity contribution is -0.137. The number of nitrogens with one attached hydrogen (secondary N) is 1. The van der Waals surface area contributed by atoms with Crippen LogP contribution in [0.5, 0.6) is 0 Å². The first-order chi connectivity index (χ1) is 8.95. The number of methoxy groups -OCH3 is 1. The zero-order valence-electron chi connectivity index (χ0n) is 10.9. The van der Waals surface area contributed by atoms with Gasteiger partial charge < -0.3 is 10.1 Å². The normalized spacial score (nSPS) is 18.1. The first-order valence-electron chi connectivity index (χ1n) is 6.37. The van der Waals surface area contributed by atoms with E-state index >= 15 is 0 Å². The summed E-state index contributed by atoms with van der Waals surface area (Å²) in [5, 5.41) is 3.25. The van der Waals surface area contributed by atoms with Crippen LogP contribution in [0.25, 0.3) is 0 Å². The van der Waals surface area contributed by atoms with Crippen molar-refractivity contribution in [1.29, 1.82) is 0 Å². The number of hydrogen-bond donors (Lipinski definition) is 1. The Morgan fingerprint density at radius 3 is 2.26 bits per heavy atom. The summed E-state index contributed by atoms with van der Waals surface area (Å²) in [7, 11) is 1.71. The van der Waals surface area contributed by atoms with Gasteiger partial charge in [0.2, 0.25) is 0 Å². The Bertz CT molecular complexity index is 404. The van der Waals surface area contributed by atoms with Crippen LogP contribution in [0.3, 0.4) is 0 Å². The zero-order chi connectivity index (χ0) is 13.9. The highest BCUT2D eigenvalue weighted by atomic mass is 19.4. The van der Waals surface area contributed by atoms with E-state index in [1.165, 1.54) is 18.6 Å². The van der Waals surface area contributed by atoms with Crippen LogP contribution < -0.4 is 5.32 Å². The Labute approximate surface area is 111 Å². The van der Waals surface area contributed by atoms with Gasteiger partial charge in [0.15, 0.2) is 0 Å². The van der Waals surface area contributed by atoms with Gasteiger partial charge in [0.25, 0.3) is 0 Å². The molecule has 1 N–H and O–H groups in total. The topological polar surface area (TPSA) is 21.3 Å². The lowest BCUT2D eigenvalue weighted by Crippen LogP contribution is -2.47. The fourth-order valence-corrected chi connectivity index (χ4v) is 2.27. The molecule has 2 nitrogen and oxygen atoms in total. The first-order valence-corrected chi connectivity index (χ1v) is 6.37. The number of alkyl halides is 3. The Hall–Kier alpha value is -1.07. The molecule has 0 aromatic heterocycles. The molecular formula is C14H18F3NO. The van der Waals surface area contributed by atoms with Crippen LogP contribution in [0, 0.1) is 0 Å². The molecule has 0 spiro atoms. The number of ether oxygens (including phenoxy) is 1. The molecule has 1 aromatic carbocycles. The minimum absolute atomic E-state index is 0.0636. The van der Waals surface area contributed by atoms with Gasteiger partial charge in [0, 0.05) is 20.2 Å². The molecule has 106 valence electrons. The summed E-state index contributed by atoms with van der Waals surface area (Å²) in [5.74, 6) is 0. The molecule has 0 unspecified atom stereocenters. The highest BCUT2D eigenvalue weighted by Crippen LogP contribution is 2.34. The predicted molar refractivity (Wildman–Crippen MR) is 66.7 cm³/mol. The van der Waals surface area contributed by atoms with E-state index in [0.29, 0.717) is 6.54 Å². The molecule has 1 fully saturated rings. The molecule has 0 aliphatic heterocycles. The van der Waals surface area contributed by atoms with E-state index < -0.39 is 11.7 Å². The van der Waals surface area contributed by atoms with Gasteiger partial charge in [-0.2, -0.15) is 13.2 Å². The average molecular weight is 273 g/mol. The molecule has 0 saturated heterocycles. The third kappa shape index (κ3) is 3.48. The zero-order valence-corrected chi connectivity index (χ0v) is 10.9. The maximum atomic E-state index is 12.4. The van der Waals surface area contributed by atoms with Gasteiger partial charge in [-0.1, -0.05) is 12.1 Å². The fraction of sp³-hybridized carbons (Fsp3) is 0.571. The van der Waals surface area contributed by atoms with Crippen molar-refractivity contribution in [2.24, 2.45) is 0 Å². The van der Waals surface area contributed by atoms with Crippen molar-refractivity contribution in [3.63, 3.8) is 0 Å². The van der Waals surface area contributed by atoms with E-state index in [2.05, 4.69) is 5.32 Å². The number of rotatable bonds is 5. The lowest BCUT2D eigenvalue weighted by Gasteiger charge is -2.40. The van der Waals surface area contributed by atoms with Gasteiger partial charge in [0.05, 0.1) is 11.2 Å². The van der Waals surface area contributed by atoms with Crippen LogP contribution in [-0.2, 0) is 17.5 Å². The first kappa shape index (κ1) is 14.3. The van der Waals surface area contributed by atoms with Crippen LogP contribution in [0.4, 0.5) is 13.2 Å². The molecule has 5 heteroatoms. The molecule has 0 atom stereocenters. The summed E-state index contributed by atoms with van der Waals surface area (Å²) in [6.07, 6.45) is -0.999. The van der Waals surface area contributed by atoms with Crippen molar-refractivity contribution in [3.8, 4) is 0 Å². The molecule has 0 bridgehead atoms. The molecule has 1 saturated carbocycles. The second-order valence-electron chi connectivity index (χ2n) is 5.04. The highest BCUT2D eigenvalue weighted by molar-refractivity contribution is 5.24. The van der Waals surface area contributed by atoms with E-state index in [9.17, 15) is 13.2 Å². The van der Waals surface area contributed by atoms with Gasteiger partial charge in [-0.15, -0.1) is 0 Å². The second kappa shape index (κ2) is 5.51. The number of hydrogen-bond acceptors (Lipinski definition) is 2. The van der Waals surface area contributed by atoms with Gasteiger partial charge in [0.1, 0.15) is 0 Å². The monoisotopic (exact) mass is 273 g/mol. The quantitative estimate of drug-likeness (QED) is 0.888. The third-order valence-corrected chi connectivity index (χ3v) is 3.76. The third-order valence-electron chi connectivity index (χ3n) is 3.76. The number of benzene rings is 1. The van der Waals surface area contributed by atoms with Crippen LogP contribution >= 0.6 is 0 Å². The fourth-order valence-electron chi connectivity index (χ4n) is 2.27. The SMILES string of the molecule is COC1(CNCc2ccc(C(F)(F)F)cc2)CCC1. The Morgan fingerprint density at radius 1 is 1.21 bits per heavy atom. The van der Waals surface area contributed by atoms with Crippen LogP contribution in [-0.4, -0.2) is 19.3 Å². The molecule has 2 rings (SSSR count). The van der Waals surface area contributed by atoms with E-state index in [1.54, 1.807) is 7.11 Å². The molecule has 1 aliphatic rings. The van der Waals surface area contributed by atoms with E-state index in [0.717, 1.165) is 37.1 Å². The maximum absolute atomic E-state index is 12.4. The summed E-state index contributed by atoms with van der Waals surface area (Å²) < 4.78 is 42.6. The van der Waals surface area contributed by atoms with Crippen LogP contribution in [0.2, 0.25) is 0 Å². The summed E-state index contributed by atoms with van der Waals surface area (Å²) in [6, 6.07) is 5.26. The number of halogens is 3. The minimum Gasteiger partial charge on any atom is -0.377 e. The molecule has 19 heavy (non-hydrogen) atoms. The van der Waals surface area contributed by atoms with Gasteiger partial charge >= 0.3 is 6.18 Å². The standard InChI is InChI=1S/C14H18F3NO/c1-19-13(7-2-8-13)10-18-9-11-3-5-12(6-4-11)14(15,16)17/h3-6,18H,2,7-10H2,1H3. The summed E-state index contributed by atoms with van der Waals surface area (Å²) in [5.41, 5.74) is 0.175. The summed E-state index contributed by atoms with van der Waals surface area (Å²) in [6.45, 7) is 1.30. The lowest BCUT2D eigenvalue weighted by atomic mass is 9.80. The molecule has 1 aliphatic carbocycles. The van der Waals surface area contributed by atoms with Crippen molar-refractivity contribution >= 4 is 0 Å². The summed E-state index contributed by atoms with van der Waals surface area (Å²) in [4.78, 5) is 0. The molecule has 0 radical (unpaired) electrons. The Balaban J connectivity index is 1.83. The molecule has 1 aromatic rings. The van der Waals surface area contributed by atoms with Crippen LogP contribution in [0.15, 0.2) is 24.3 Å². The predicted octanol–water partition coefficient (Wildman–Crippen LogP) is 3.36. The maximum Gasteiger partial charge on any atom is 0.416 e. The van der Waals surface area contributed by atoms with Gasteiger partial charge in [-0.05, 0) is 37.0 Å². The van der Waals surface area contributed by atoms with E-state index in [4.69, 9.17) is 4.74 Å². The highest BCUT2D eigenvalue weighted by Gasteiger charge is 2.36. The van der Waals surface area contributed by atoms with Gasteiger partial charge in [-0.3, -0.25) is 0 Å².